The first-order chi connectivity index (χ1) is 15.5. The largest absolute Gasteiger partial charge is 0.405 e. The number of likely N-dealkylation sites (tertiary alicyclic amines) is 1. The van der Waals surface area contributed by atoms with Crippen molar-refractivity contribution in [3.05, 3.63) is 60.1 Å². The summed E-state index contributed by atoms with van der Waals surface area (Å²) in [5, 5.41) is 13.3. The number of piperidine rings is 1. The lowest BCUT2D eigenvalue weighted by Gasteiger charge is -2.38. The van der Waals surface area contributed by atoms with Crippen LogP contribution in [0.25, 0.3) is 0 Å². The number of carbonyl (C=O) groups is 1. The fraction of sp³-hybridized carbons (Fsp3) is 0.520. The van der Waals surface area contributed by atoms with Gasteiger partial charge in [0, 0.05) is 25.8 Å². The number of hydrogen-bond acceptors (Lipinski definition) is 6. The first kappa shape index (κ1) is 25.6. The van der Waals surface area contributed by atoms with Gasteiger partial charge < -0.3 is 26.8 Å². The summed E-state index contributed by atoms with van der Waals surface area (Å²) in [4.78, 5) is 19.4. The summed E-state index contributed by atoms with van der Waals surface area (Å²) in [7, 11) is 0. The third kappa shape index (κ3) is 8.13. The Balaban J connectivity index is 1.80. The molecule has 32 heavy (non-hydrogen) atoms. The van der Waals surface area contributed by atoms with E-state index in [0.717, 1.165) is 32.4 Å². The first-order valence-corrected chi connectivity index (χ1v) is 11.6. The van der Waals surface area contributed by atoms with E-state index in [-0.39, 0.29) is 5.91 Å². The van der Waals surface area contributed by atoms with Crippen LogP contribution < -0.4 is 16.8 Å². The molecule has 0 bridgehead atoms. The molecule has 1 heterocycles. The van der Waals surface area contributed by atoms with Crippen LogP contribution in [0.1, 0.15) is 39.5 Å². The van der Waals surface area contributed by atoms with E-state index < -0.39 is 6.10 Å². The lowest BCUT2D eigenvalue weighted by atomic mass is 9.82. The number of nitrogens with zero attached hydrogens (tertiary/aromatic N) is 2. The Labute approximate surface area is 192 Å². The van der Waals surface area contributed by atoms with Gasteiger partial charge in [-0.3, -0.25) is 9.79 Å². The molecule has 2 aliphatic rings. The number of fused-ring (bicyclic) bond motifs is 1. The number of β-amino-alcohol motifs (C(OH)–C–C–N with tert-alkyl or cyclic N) is 1. The van der Waals surface area contributed by atoms with Gasteiger partial charge in [0.15, 0.2) is 0 Å². The van der Waals surface area contributed by atoms with Crippen LogP contribution >= 0.6 is 0 Å². The Morgan fingerprint density at radius 1 is 1.31 bits per heavy atom. The van der Waals surface area contributed by atoms with Gasteiger partial charge >= 0.3 is 0 Å². The maximum Gasteiger partial charge on any atom is 0.254 e. The molecule has 1 aliphatic carbocycles. The summed E-state index contributed by atoms with van der Waals surface area (Å²) in [6.45, 7) is 6.77. The highest BCUT2D eigenvalue weighted by Crippen LogP contribution is 2.28. The Kier molecular flexibility index (Phi) is 11.0. The molecule has 7 nitrogen and oxygen atoms in total. The van der Waals surface area contributed by atoms with E-state index in [1.165, 1.54) is 12.4 Å². The van der Waals surface area contributed by atoms with E-state index in [9.17, 15) is 9.90 Å². The molecule has 0 radical (unpaired) electrons. The summed E-state index contributed by atoms with van der Waals surface area (Å²) in [6.07, 6.45) is 18.1. The SMILES string of the molecule is CCC/C=C(\C=C/N)N=C(C)C(=CN)C(=O)NCCC(O)CN1CCC2C=CC=CC2C1. The van der Waals surface area contributed by atoms with E-state index in [1.54, 1.807) is 13.0 Å². The predicted octanol–water partition coefficient (Wildman–Crippen LogP) is 2.38. The minimum Gasteiger partial charge on any atom is -0.405 e. The second kappa shape index (κ2) is 13.7. The van der Waals surface area contributed by atoms with Gasteiger partial charge in [-0.05, 0) is 56.8 Å². The van der Waals surface area contributed by atoms with Gasteiger partial charge in [-0.15, -0.1) is 0 Å². The van der Waals surface area contributed by atoms with Crippen LogP contribution in [-0.4, -0.2) is 53.9 Å². The van der Waals surface area contributed by atoms with Crippen molar-refractivity contribution in [1.29, 1.82) is 0 Å². The number of unbranched alkanes of at least 4 members (excludes halogenated alkanes) is 1. The van der Waals surface area contributed by atoms with Crippen LogP contribution in [0.4, 0.5) is 0 Å². The fourth-order valence-corrected chi connectivity index (χ4v) is 4.09. The van der Waals surface area contributed by atoms with Crippen LogP contribution in [0.2, 0.25) is 0 Å². The van der Waals surface area contributed by atoms with Crippen LogP contribution in [0.15, 0.2) is 65.1 Å². The van der Waals surface area contributed by atoms with E-state index in [2.05, 4.69) is 46.4 Å². The molecule has 3 unspecified atom stereocenters. The fourth-order valence-electron chi connectivity index (χ4n) is 4.09. The maximum absolute atomic E-state index is 12.6. The van der Waals surface area contributed by atoms with Crippen molar-refractivity contribution in [3.63, 3.8) is 0 Å². The highest BCUT2D eigenvalue weighted by molar-refractivity contribution is 6.20. The molecule has 176 valence electrons. The van der Waals surface area contributed by atoms with E-state index in [4.69, 9.17) is 11.5 Å². The minimum atomic E-state index is -0.492. The highest BCUT2D eigenvalue weighted by atomic mass is 16.3. The topological polar surface area (TPSA) is 117 Å². The van der Waals surface area contributed by atoms with E-state index in [0.29, 0.717) is 48.3 Å². The predicted molar refractivity (Wildman–Crippen MR) is 132 cm³/mol. The van der Waals surface area contributed by atoms with Crippen LogP contribution in [0, 0.1) is 11.8 Å². The normalized spacial score (nSPS) is 23.4. The Bertz CT molecular complexity index is 794. The average molecular weight is 442 g/mol. The Morgan fingerprint density at radius 3 is 2.75 bits per heavy atom. The average Bonchev–Trinajstić information content (AvgIpc) is 2.78. The van der Waals surface area contributed by atoms with E-state index in [1.807, 2.05) is 6.08 Å². The van der Waals surface area contributed by atoms with E-state index >= 15 is 0 Å². The summed E-state index contributed by atoms with van der Waals surface area (Å²) < 4.78 is 0. The number of nitrogens with one attached hydrogen (secondary N) is 1. The quantitative estimate of drug-likeness (QED) is 0.223. The second-order valence-corrected chi connectivity index (χ2v) is 8.40. The lowest BCUT2D eigenvalue weighted by Crippen LogP contribution is -2.43. The zero-order valence-electron chi connectivity index (χ0n) is 19.4. The molecule has 0 aromatic heterocycles. The van der Waals surface area contributed by atoms with Gasteiger partial charge in [0.25, 0.3) is 5.91 Å². The van der Waals surface area contributed by atoms with Gasteiger partial charge in [-0.2, -0.15) is 0 Å². The Morgan fingerprint density at radius 2 is 2.06 bits per heavy atom. The van der Waals surface area contributed by atoms with Crippen molar-refractivity contribution in [3.8, 4) is 0 Å². The first-order valence-electron chi connectivity index (χ1n) is 11.6. The number of hydrogen-bond donors (Lipinski definition) is 4. The molecule has 1 saturated heterocycles. The number of nitrogens with two attached hydrogens (primary N) is 2. The number of aliphatic imine (C=N–C) groups is 1. The van der Waals surface area contributed by atoms with Crippen molar-refractivity contribution < 1.29 is 9.90 Å². The molecule has 0 aromatic rings. The molecular weight excluding hydrogens is 402 g/mol. The summed E-state index contributed by atoms with van der Waals surface area (Å²) >= 11 is 0. The molecule has 1 aliphatic heterocycles. The van der Waals surface area contributed by atoms with Crippen LogP contribution in [0.3, 0.4) is 0 Å². The third-order valence-corrected chi connectivity index (χ3v) is 5.86. The minimum absolute atomic E-state index is 0.299. The highest BCUT2D eigenvalue weighted by Gasteiger charge is 2.27. The second-order valence-electron chi connectivity index (χ2n) is 8.40. The summed E-state index contributed by atoms with van der Waals surface area (Å²) in [5.74, 6) is 0.856. The van der Waals surface area contributed by atoms with Gasteiger partial charge in [0.05, 0.1) is 23.1 Å². The number of carbonyl (C=O) groups excluding carboxylic acids is 1. The van der Waals surface area contributed by atoms with Gasteiger partial charge in [-0.1, -0.05) is 43.7 Å². The zero-order chi connectivity index (χ0) is 23.3. The van der Waals surface area contributed by atoms with Crippen LogP contribution in [0.5, 0.6) is 0 Å². The lowest BCUT2D eigenvalue weighted by molar-refractivity contribution is -0.117. The molecule has 0 spiro atoms. The number of rotatable bonds is 11. The number of amides is 1. The van der Waals surface area contributed by atoms with Crippen molar-refractivity contribution in [1.82, 2.24) is 10.2 Å². The van der Waals surface area contributed by atoms with Crippen molar-refractivity contribution in [2.75, 3.05) is 26.2 Å². The zero-order valence-corrected chi connectivity index (χ0v) is 19.4. The monoisotopic (exact) mass is 441 g/mol. The molecule has 2 rings (SSSR count). The number of allylic oxidation sites excluding steroid dienone is 5. The molecule has 7 heteroatoms. The summed E-state index contributed by atoms with van der Waals surface area (Å²) in [5.41, 5.74) is 12.7. The third-order valence-electron chi connectivity index (χ3n) is 5.86. The molecular formula is C25H39N5O2. The number of aliphatic hydroxyl groups excluding tert-OH is 1. The van der Waals surface area contributed by atoms with Crippen molar-refractivity contribution in [2.24, 2.45) is 28.3 Å². The standard InChI is InChI=1S/C25H39N5O2/c1-3-4-9-22(10-13-26)29-19(2)24(16-27)25(32)28-14-11-23(31)18-30-15-12-20-7-5-6-8-21(20)17-30/h5-10,13,16,20-21,23,31H,3-4,11-12,14-15,17-18,26-27H2,1-2H3,(H,28,32)/b13-10-,22-9+,24-16?,29-19?. The van der Waals surface area contributed by atoms with Crippen molar-refractivity contribution in [2.45, 2.75) is 45.6 Å². The maximum atomic E-state index is 12.6. The molecule has 6 N–H and O–H groups in total. The molecule has 1 fully saturated rings. The van der Waals surface area contributed by atoms with Gasteiger partial charge in [0.2, 0.25) is 0 Å². The van der Waals surface area contributed by atoms with Crippen LogP contribution in [-0.2, 0) is 4.79 Å². The smallest absolute Gasteiger partial charge is 0.254 e. The molecule has 0 aromatic carbocycles. The molecule has 3 atom stereocenters. The molecule has 0 saturated carbocycles. The summed E-state index contributed by atoms with van der Waals surface area (Å²) in [6, 6.07) is 0. The Hall–Kier alpha value is -2.64. The molecule has 1 amide bonds. The van der Waals surface area contributed by atoms with Crippen molar-refractivity contribution >= 4 is 11.6 Å². The number of aliphatic hydroxyl groups is 1. The van der Waals surface area contributed by atoms with Gasteiger partial charge in [-0.25, -0.2) is 0 Å². The van der Waals surface area contributed by atoms with Gasteiger partial charge in [0.1, 0.15) is 0 Å².